The zero-order valence-corrected chi connectivity index (χ0v) is 25.6. The molecule has 1 aliphatic heterocycles. The first-order valence-electron chi connectivity index (χ1n) is 12.9. The summed E-state index contributed by atoms with van der Waals surface area (Å²) in [4.78, 5) is 36.3. The van der Waals surface area contributed by atoms with Gasteiger partial charge in [0.2, 0.25) is 11.9 Å². The van der Waals surface area contributed by atoms with Crippen molar-refractivity contribution >= 4 is 39.6 Å². The molecule has 3 rings (SSSR count). The van der Waals surface area contributed by atoms with Crippen molar-refractivity contribution in [2.45, 2.75) is 84.5 Å². The molecule has 13 nitrogen and oxygen atoms in total. The molecule has 5 atom stereocenters. The maximum Gasteiger partial charge on any atom is 0.697 e. The van der Waals surface area contributed by atoms with Crippen molar-refractivity contribution in [2.75, 3.05) is 18.5 Å². The van der Waals surface area contributed by atoms with Crippen molar-refractivity contribution in [3.63, 3.8) is 0 Å². The molecule has 3 heterocycles. The van der Waals surface area contributed by atoms with Crippen LogP contribution in [0.25, 0.3) is 11.2 Å². The van der Waals surface area contributed by atoms with Crippen molar-refractivity contribution < 1.29 is 27.6 Å². The summed E-state index contributed by atoms with van der Waals surface area (Å²) < 4.78 is 37.4. The van der Waals surface area contributed by atoms with Gasteiger partial charge in [0.25, 0.3) is 5.56 Å². The van der Waals surface area contributed by atoms with Gasteiger partial charge in [-0.1, -0.05) is 41.5 Å². The number of H-pyrrole nitrogens is 1. The number of hydrogen-bond donors (Lipinski definition) is 2. The number of anilines is 1. The standard InChI is InChI=1S/C24H37N6O7PSi/c1-14(2)20(31)28-23-27-19-17(21(32)29-23)26-13-30(19)22-18(37-39(7,8)24(4,5)6)15(3)16(36-22)12-35-38(33)34-11-9-10-25/h13-16,18,22H,9,11-12H2,1-8H3,(H-,27,28,29,31,32)/p+1/t15-,16-,18-,22-/m1/s1. The second kappa shape index (κ2) is 12.3. The van der Waals surface area contributed by atoms with Crippen molar-refractivity contribution in [1.82, 2.24) is 19.5 Å². The molecule has 1 unspecified atom stereocenters. The number of hydrogen-bond acceptors (Lipinski definition) is 10. The van der Waals surface area contributed by atoms with Gasteiger partial charge in [0.05, 0.1) is 31.0 Å². The van der Waals surface area contributed by atoms with Crippen LogP contribution in [0.4, 0.5) is 5.95 Å². The predicted octanol–water partition coefficient (Wildman–Crippen LogP) is 4.24. The molecule has 0 radical (unpaired) electrons. The molecule has 0 bridgehead atoms. The Morgan fingerprint density at radius 2 is 2.05 bits per heavy atom. The number of nitriles is 1. The van der Waals surface area contributed by atoms with Gasteiger partial charge in [0.1, 0.15) is 13.2 Å². The lowest BCUT2D eigenvalue weighted by atomic mass is 10.0. The molecule has 0 saturated carbocycles. The first kappa shape index (κ1) is 31.0. The third-order valence-corrected chi connectivity index (χ3v) is 12.4. The topological polar surface area (TPSA) is 170 Å². The van der Waals surface area contributed by atoms with Crippen LogP contribution < -0.4 is 10.9 Å². The Morgan fingerprint density at radius 3 is 2.67 bits per heavy atom. The van der Waals surface area contributed by atoms with Crippen molar-refractivity contribution in [3.05, 3.63) is 16.7 Å². The number of aromatic amines is 1. The molecule has 15 heteroatoms. The molecule has 0 aliphatic carbocycles. The van der Waals surface area contributed by atoms with E-state index in [2.05, 4.69) is 54.1 Å². The summed E-state index contributed by atoms with van der Waals surface area (Å²) in [5.41, 5.74) is -0.183. The van der Waals surface area contributed by atoms with Crippen LogP contribution >= 0.6 is 8.25 Å². The number of rotatable bonds is 11. The smallest absolute Gasteiger partial charge is 0.409 e. The number of nitrogens with zero attached hydrogens (tertiary/aromatic N) is 4. The minimum Gasteiger partial charge on any atom is -0.409 e. The highest BCUT2D eigenvalue weighted by Gasteiger charge is 2.50. The number of carbonyl (C=O) groups excluding carboxylic acids is 1. The van der Waals surface area contributed by atoms with Crippen LogP contribution in [0.5, 0.6) is 0 Å². The van der Waals surface area contributed by atoms with Crippen LogP contribution in [0.2, 0.25) is 18.1 Å². The molecular formula is C24H38N6O7PSi+. The van der Waals surface area contributed by atoms with Crippen LogP contribution in [0.15, 0.2) is 11.1 Å². The van der Waals surface area contributed by atoms with Crippen LogP contribution in [-0.4, -0.2) is 59.2 Å². The lowest BCUT2D eigenvalue weighted by Gasteiger charge is -2.40. The Hall–Kier alpha value is -2.53. The van der Waals surface area contributed by atoms with Crippen LogP contribution in [-0.2, 0) is 27.6 Å². The lowest BCUT2D eigenvalue weighted by molar-refractivity contribution is -0.118. The van der Waals surface area contributed by atoms with Gasteiger partial charge in [-0.05, 0) is 18.1 Å². The zero-order chi connectivity index (χ0) is 29.1. The third kappa shape index (κ3) is 7.16. The summed E-state index contributed by atoms with van der Waals surface area (Å²) in [6, 6.07) is 1.92. The van der Waals surface area contributed by atoms with E-state index in [9.17, 15) is 14.2 Å². The molecule has 0 aromatic carbocycles. The monoisotopic (exact) mass is 581 g/mol. The fraction of sp³-hybridized carbons (Fsp3) is 0.708. The molecule has 2 aromatic heterocycles. The Bertz CT molecular complexity index is 1300. The summed E-state index contributed by atoms with van der Waals surface area (Å²) in [6.45, 7) is 16.1. The summed E-state index contributed by atoms with van der Waals surface area (Å²) >= 11 is 0. The Balaban J connectivity index is 1.96. The van der Waals surface area contributed by atoms with E-state index < -0.39 is 40.6 Å². The SMILES string of the molecule is CC(C)C(=O)Nc1nc2c(ncn2[C@@H]2O[C@H](CO[P+](=O)OCCC#N)[C@@H](C)[C@H]2O[Si](C)(C)C(C)(C)C)c(=O)[nH]1. The van der Waals surface area contributed by atoms with Crippen molar-refractivity contribution in [2.24, 2.45) is 11.8 Å². The van der Waals surface area contributed by atoms with E-state index in [4.69, 9.17) is 23.5 Å². The van der Waals surface area contributed by atoms with Crippen LogP contribution in [0.1, 0.15) is 54.2 Å². The molecule has 2 aromatic rings. The molecule has 39 heavy (non-hydrogen) atoms. The predicted molar refractivity (Wildman–Crippen MR) is 147 cm³/mol. The zero-order valence-electron chi connectivity index (χ0n) is 23.7. The quantitative estimate of drug-likeness (QED) is 0.222. The highest BCUT2D eigenvalue weighted by molar-refractivity contribution is 7.33. The number of aromatic nitrogens is 4. The van der Waals surface area contributed by atoms with Gasteiger partial charge in [0, 0.05) is 16.4 Å². The van der Waals surface area contributed by atoms with E-state index >= 15 is 0 Å². The minimum absolute atomic E-state index is 0.00341. The van der Waals surface area contributed by atoms with E-state index in [1.165, 1.54) is 6.33 Å². The summed E-state index contributed by atoms with van der Waals surface area (Å²) in [5.74, 6) is -0.802. The second-order valence-corrected chi connectivity index (χ2v) is 17.1. The summed E-state index contributed by atoms with van der Waals surface area (Å²) in [6.07, 6.45) is -0.153. The number of carbonyl (C=O) groups is 1. The lowest BCUT2D eigenvalue weighted by Crippen LogP contribution is -2.46. The third-order valence-electron chi connectivity index (χ3n) is 7.16. The molecule has 1 aliphatic rings. The van der Waals surface area contributed by atoms with E-state index in [1.54, 1.807) is 18.4 Å². The van der Waals surface area contributed by atoms with E-state index in [0.717, 1.165) is 0 Å². The average Bonchev–Trinajstić information content (AvgIpc) is 3.38. The van der Waals surface area contributed by atoms with Gasteiger partial charge in [0.15, 0.2) is 25.7 Å². The normalized spacial score (nSPS) is 22.3. The maximum absolute atomic E-state index is 12.8. The number of amides is 1. The minimum atomic E-state index is -2.43. The first-order valence-corrected chi connectivity index (χ1v) is 16.9. The van der Waals surface area contributed by atoms with Gasteiger partial charge in [-0.25, -0.2) is 4.98 Å². The molecule has 0 spiro atoms. The largest absolute Gasteiger partial charge is 0.697 e. The average molecular weight is 582 g/mol. The van der Waals surface area contributed by atoms with Crippen molar-refractivity contribution in [1.29, 1.82) is 5.26 Å². The molecule has 2 N–H and O–H groups in total. The van der Waals surface area contributed by atoms with Crippen molar-refractivity contribution in [3.8, 4) is 6.07 Å². The van der Waals surface area contributed by atoms with Crippen LogP contribution in [0, 0.1) is 23.2 Å². The fourth-order valence-corrected chi connectivity index (χ4v) is 5.67. The number of nitrogens with one attached hydrogen (secondary N) is 2. The molecule has 214 valence electrons. The van der Waals surface area contributed by atoms with Gasteiger partial charge in [-0.2, -0.15) is 10.2 Å². The molecule has 1 fully saturated rings. The maximum atomic E-state index is 12.8. The highest BCUT2D eigenvalue weighted by Crippen LogP contribution is 2.44. The molecule has 1 saturated heterocycles. The van der Waals surface area contributed by atoms with Gasteiger partial charge in [-0.3, -0.25) is 24.5 Å². The Kier molecular flexibility index (Phi) is 9.80. The van der Waals surface area contributed by atoms with Gasteiger partial charge >= 0.3 is 8.25 Å². The number of fused-ring (bicyclic) bond motifs is 1. The summed E-state index contributed by atoms with van der Waals surface area (Å²) in [5, 5.41) is 11.2. The fourth-order valence-electron chi connectivity index (χ4n) is 3.72. The first-order chi connectivity index (χ1) is 18.2. The highest BCUT2D eigenvalue weighted by atomic mass is 31.1. The van der Waals surface area contributed by atoms with E-state index in [1.807, 2.05) is 13.0 Å². The number of ether oxygens (including phenoxy) is 1. The van der Waals surface area contributed by atoms with E-state index in [-0.39, 0.29) is 59.5 Å². The second-order valence-electron chi connectivity index (χ2n) is 11.4. The van der Waals surface area contributed by atoms with Gasteiger partial charge in [-0.15, -0.1) is 9.05 Å². The Labute approximate surface area is 229 Å². The number of imidazole rings is 1. The summed E-state index contributed by atoms with van der Waals surface area (Å²) in [7, 11) is -4.73. The molecule has 1 amide bonds. The molecular weight excluding hydrogens is 543 g/mol. The van der Waals surface area contributed by atoms with E-state index in [0.29, 0.717) is 0 Å². The van der Waals surface area contributed by atoms with Gasteiger partial charge < -0.3 is 9.16 Å². The Morgan fingerprint density at radius 1 is 1.36 bits per heavy atom. The van der Waals surface area contributed by atoms with Crippen LogP contribution in [0.3, 0.4) is 0 Å².